The van der Waals surface area contributed by atoms with Gasteiger partial charge < -0.3 is 79.8 Å². The lowest BCUT2D eigenvalue weighted by Gasteiger charge is -2.47. The molecular weight excluding hydrogens is 1520 g/mol. The van der Waals surface area contributed by atoms with Crippen LogP contribution < -0.4 is 60.8 Å². The van der Waals surface area contributed by atoms with Crippen molar-refractivity contribution in [1.82, 2.24) is 19.6 Å². The number of rotatable bonds is 28. The Bertz CT molecular complexity index is 7750. The quantitative estimate of drug-likeness (QED) is 0.0303. The molecule has 0 radical (unpaired) electrons. The Kier molecular flexibility index (Phi) is 12.1. The Morgan fingerprint density at radius 2 is 0.633 bits per heavy atom. The van der Waals surface area contributed by atoms with Crippen LogP contribution >= 0.6 is 0 Å². The Hall–Kier alpha value is -7.16. The number of hydrogen-bond donors (Lipinski definition) is 4. The summed E-state index contributed by atoms with van der Waals surface area (Å²) >= 11 is 0. The summed E-state index contributed by atoms with van der Waals surface area (Å²) in [6, 6.07) is -20.2. The number of piperidine rings is 4. The van der Waals surface area contributed by atoms with Crippen LogP contribution in [0.3, 0.4) is 0 Å². The maximum atomic E-state index is 13.9. The fourth-order valence-electron chi connectivity index (χ4n) is 12.5. The zero-order valence-electron chi connectivity index (χ0n) is 152. The van der Waals surface area contributed by atoms with Crippen LogP contribution in [0, 0.1) is 70.7 Å². The third-order valence-corrected chi connectivity index (χ3v) is 18.1. The predicted octanol–water partition coefficient (Wildman–Crippen LogP) is 14.3. The lowest BCUT2D eigenvalue weighted by Crippen LogP contribution is -2.51. The Morgan fingerprint density at radius 3 is 0.925 bits per heavy atom. The summed E-state index contributed by atoms with van der Waals surface area (Å²) in [7, 11) is 0.898. The molecule has 120 heavy (non-hydrogen) atoms. The van der Waals surface area contributed by atoms with E-state index in [4.69, 9.17) is 165 Å². The van der Waals surface area contributed by atoms with Gasteiger partial charge in [-0.2, -0.15) is 0 Å². The second kappa shape index (κ2) is 43.9. The number of fused-ring (bicyclic) bond motifs is 12. The van der Waals surface area contributed by atoms with Crippen LogP contribution in [-0.4, -0.2) is 201 Å². The summed E-state index contributed by atoms with van der Waals surface area (Å²) in [6.07, 6.45) is -48.0. The minimum absolute atomic E-state index is 0.0107. The average Bonchev–Trinajstić information content (AvgIpc) is 0.653. The topological polar surface area (TPSA) is 296 Å². The third-order valence-electron chi connectivity index (χ3n) is 18.1. The van der Waals surface area contributed by atoms with E-state index in [-0.39, 0.29) is 87.6 Å². The number of methoxy groups -OCH3 is 8. The van der Waals surface area contributed by atoms with Crippen LogP contribution in [0.4, 0.5) is 0 Å². The van der Waals surface area contributed by atoms with E-state index in [0.717, 1.165) is 50.6 Å². The number of ether oxygens (including phenoxy) is 12. The van der Waals surface area contributed by atoms with Crippen LogP contribution in [0.5, 0.6) is 46.0 Å². The first kappa shape index (κ1) is 33.0. The highest BCUT2D eigenvalue weighted by Crippen LogP contribution is 2.50. The molecule has 4 aromatic rings. The molecule has 0 amide bonds. The Morgan fingerprint density at radius 1 is 0.375 bits per heavy atom. The molecule has 8 aliphatic heterocycles. The zero-order valence-corrected chi connectivity index (χ0v) is 66.2. The van der Waals surface area contributed by atoms with E-state index in [0.29, 0.717) is 47.3 Å². The normalized spacial score (nSPS) is 49.0. The monoisotopic (exact) mass is 1760 g/mol. The largest absolute Gasteiger partial charge is 0.493 e. The van der Waals surface area contributed by atoms with Gasteiger partial charge in [-0.05, 0) is 191 Å². The molecule has 20 atom stereocenters. The van der Waals surface area contributed by atoms with Crippen molar-refractivity contribution in [3.8, 4) is 46.0 Å². The smallest absolute Gasteiger partial charge is 0.323 e. The van der Waals surface area contributed by atoms with E-state index in [1.54, 1.807) is 0 Å². The van der Waals surface area contributed by atoms with Gasteiger partial charge in [0.2, 0.25) is 0 Å². The van der Waals surface area contributed by atoms with E-state index in [9.17, 15) is 52.1 Å². The summed E-state index contributed by atoms with van der Waals surface area (Å²) in [4.78, 5) is 56.9. The highest BCUT2D eigenvalue weighted by molar-refractivity contribution is 5.77. The molecule has 0 aromatic heterocycles. The second-order valence-corrected chi connectivity index (χ2v) is 26.3. The van der Waals surface area contributed by atoms with Crippen molar-refractivity contribution in [2.75, 3.05) is 109 Å². The maximum Gasteiger partial charge on any atom is 0.323 e. The van der Waals surface area contributed by atoms with Crippen molar-refractivity contribution in [3.63, 3.8) is 0 Å². The van der Waals surface area contributed by atoms with Gasteiger partial charge >= 0.3 is 23.9 Å². The van der Waals surface area contributed by atoms with Gasteiger partial charge in [0, 0.05) is 224 Å². The summed E-state index contributed by atoms with van der Waals surface area (Å²) in [5, 5.41) is 0. The van der Waals surface area contributed by atoms with Gasteiger partial charge in [0.25, 0.3) is 0 Å². The minimum Gasteiger partial charge on any atom is -0.493 e. The number of esters is 4. The molecule has 4 saturated heterocycles. The number of benzene rings is 4. The molecule has 12 rings (SSSR count). The van der Waals surface area contributed by atoms with E-state index < -0.39 is 395 Å². The summed E-state index contributed by atoms with van der Waals surface area (Å²) in [5.74, 6) is -60.4. The van der Waals surface area contributed by atoms with E-state index in [1.807, 2.05) is 0 Å². The van der Waals surface area contributed by atoms with Crippen LogP contribution in [0.15, 0.2) is 48.5 Å². The number of carbonyl (C=O) groups excluding carboxylic acids is 4. The van der Waals surface area contributed by atoms with Gasteiger partial charge in [0.1, 0.15) is 48.5 Å². The molecule has 0 bridgehead atoms. The first-order valence-corrected chi connectivity index (χ1v) is 35.6. The molecule has 24 nitrogen and oxygen atoms in total. The molecule has 4 aromatic carbocycles. The van der Waals surface area contributed by atoms with Crippen molar-refractivity contribution >= 4 is 23.9 Å². The highest BCUT2D eigenvalue weighted by Gasteiger charge is 2.47. The van der Waals surface area contributed by atoms with Crippen molar-refractivity contribution in [1.29, 1.82) is 0 Å². The van der Waals surface area contributed by atoms with Gasteiger partial charge in [0.05, 0.1) is 75.9 Å². The molecule has 24 heteroatoms. The summed E-state index contributed by atoms with van der Waals surface area (Å²) < 4.78 is 782. The van der Waals surface area contributed by atoms with Gasteiger partial charge in [-0.1, -0.05) is 110 Å². The number of nitrogens with zero attached hydrogens (tertiary/aromatic N) is 4. The van der Waals surface area contributed by atoms with Crippen LogP contribution in [0.2, 0.25) is 0 Å². The number of carbonyl (C=O) groups is 4. The molecule has 0 spiro atoms. The maximum absolute atomic E-state index is 13.9. The van der Waals surface area contributed by atoms with Crippen molar-refractivity contribution in [2.45, 2.75) is 259 Å². The third kappa shape index (κ3) is 23.8. The molecule has 672 valence electrons. The Balaban J connectivity index is 0.000000297. The first-order valence-electron chi connectivity index (χ1n) is 78.6. The zero-order chi connectivity index (χ0) is 163. The molecule has 8 aliphatic rings. The lowest BCUT2D eigenvalue weighted by molar-refractivity contribution is -0.161. The SMILES string of the molecule is [2H]C([2H])([2H])C([2H])(C)C([2H])([2H])C1([2H])C(OC(=O)[C@@]([2H])(N)C([2H])(C([2H])([2H])[2H])C([2H])([2H])[2H])C([2H])([2H])C2([2H])c3cc(OC)c(OC)cc3CCN2C1([2H])[2H].[2H]C([2H])([2H])C([2H])(C)C([2H])([2H])C1([2H])C(OC(=O)[C@@]([2H])(N)C([2H])(C([2H])([2H])[2H])C([2H])([2H])[2H])C([2H])([2H])C2([2H])c3cc(OC)c(OC)cc3CCN2C1([2H])[2H].[2H]C([2H])([2H])Oc1cc2c(cc1OC)C1([2H])N(CC2)C([2H])([2H])C([2H])(C([2H])([2H])C([2H])(C)C([2H])([2H])[2H])C(OC(=O)[C@@]([2H])(N)C([2H])(C([2H])([2H])[2H])C([2H])([2H])[2H])C1([2H])[2H].[2H]C([2H])([2H])Oc1cc2c(cc1OC)C1N(CC2)C([2H])([2H])C([2H])(C([2H])([2H])C([2H])(C)C([2H])([2H])[2H])C([2H])(OC(=O)[C@@]([2H])(N)C([2H])(C([2H])([2H])[2H])C([2H])([2H])[2H])C1([2H])[2H]. The number of nitrogens with two attached hydrogens (primary N) is 4. The molecular formula is C96H152N8O16. The summed E-state index contributed by atoms with van der Waals surface area (Å²) in [5.41, 5.74) is 21.1. The predicted molar refractivity (Wildman–Crippen MR) is 471 cm³/mol. The van der Waals surface area contributed by atoms with E-state index >= 15 is 0 Å². The van der Waals surface area contributed by atoms with Crippen LogP contribution in [-0.2, 0) is 63.8 Å². The van der Waals surface area contributed by atoms with Crippen molar-refractivity contribution < 1.29 is 194 Å². The van der Waals surface area contributed by atoms with Gasteiger partial charge in [-0.15, -0.1) is 0 Å². The molecule has 8 heterocycles. The average molecular weight is 1760 g/mol. The van der Waals surface area contributed by atoms with Gasteiger partial charge in [-0.25, -0.2) is 0 Å². The van der Waals surface area contributed by atoms with E-state index in [2.05, 4.69) is 0 Å². The summed E-state index contributed by atoms with van der Waals surface area (Å²) in [6.45, 7) is -64.0. The number of hydrogen-bond acceptors (Lipinski definition) is 24. The molecule has 8 N–H and O–H groups in total. The highest BCUT2D eigenvalue weighted by atomic mass is 16.6. The fraction of sp³-hybridized carbons (Fsp3) is 0.708. The van der Waals surface area contributed by atoms with Crippen LogP contribution in [0.1, 0.15) is 347 Å². The van der Waals surface area contributed by atoms with Gasteiger partial charge in [0.15, 0.2) is 46.0 Å². The minimum atomic E-state index is -4.55. The van der Waals surface area contributed by atoms with Gasteiger partial charge in [-0.3, -0.25) is 38.8 Å². The Labute approximate surface area is 839 Å². The van der Waals surface area contributed by atoms with E-state index in [1.165, 1.54) is 40.6 Å². The second-order valence-electron chi connectivity index (χ2n) is 26.3. The fourth-order valence-corrected chi connectivity index (χ4v) is 12.5. The molecule has 0 aliphatic carbocycles. The molecule has 0 saturated carbocycles. The lowest BCUT2D eigenvalue weighted by atomic mass is 9.79. The van der Waals surface area contributed by atoms with Crippen molar-refractivity contribution in [2.24, 2.45) is 93.7 Å². The molecule has 16 unspecified atom stereocenters. The first-order chi connectivity index (χ1) is 90.2. The standard InChI is InChI=1S/4C24H38N2O4/c4*1-14(2)9-17-13-26-8-7-16-10-21(28-5)22(29-6)11-18(16)19(26)12-20(17)30-24(27)23(25)15(3)4/h4*10-11,14-15,17,19-20,23H,7-9,12-13,25H2,1-6H3/t4*17?,19?,20?,23-/m0000/s1/i1D3,3D3,4D3,5D3,9D2,12D2,13D2,14D,15D,17D,20D,23D;1D3,3D3,4D3,5D3,9D2,12D2,13D2,14D,15D,17D,19D,23D;2*1D3,3D3,4D3,9D2,12D2,13D2,14D,15D,17D,19D,23D/t4*14?,17?,19?,20?,23-. The van der Waals surface area contributed by atoms with Crippen LogP contribution in [0.25, 0.3) is 0 Å². The molecule has 4 fully saturated rings. The van der Waals surface area contributed by atoms with Crippen molar-refractivity contribution in [3.05, 3.63) is 93.0 Å².